The van der Waals surface area contributed by atoms with Crippen LogP contribution in [0.3, 0.4) is 0 Å². The smallest absolute Gasteiger partial charge is 0.0233 e. The van der Waals surface area contributed by atoms with Crippen LogP contribution in [-0.2, 0) is 13.1 Å². The zero-order chi connectivity index (χ0) is 12.8. The predicted octanol–water partition coefficient (Wildman–Crippen LogP) is 3.03. The van der Waals surface area contributed by atoms with Gasteiger partial charge in [-0.05, 0) is 43.5 Å². The first-order valence-electron chi connectivity index (χ1n) is 7.26. The van der Waals surface area contributed by atoms with Crippen molar-refractivity contribution in [1.29, 1.82) is 0 Å². The van der Waals surface area contributed by atoms with E-state index in [0.717, 1.165) is 19.0 Å². The average Bonchev–Trinajstić information content (AvgIpc) is 2.42. The van der Waals surface area contributed by atoms with Gasteiger partial charge in [0, 0.05) is 19.6 Å². The number of hydrogen-bond acceptors (Lipinski definition) is 2. The van der Waals surface area contributed by atoms with E-state index in [1.165, 1.54) is 43.5 Å². The van der Waals surface area contributed by atoms with Crippen molar-refractivity contribution < 1.29 is 0 Å². The second-order valence-electron chi connectivity index (χ2n) is 5.50. The number of piperidine rings is 1. The number of nitrogens with zero attached hydrogens (tertiary/aromatic N) is 1. The minimum atomic E-state index is 0.919. The Kier molecular flexibility index (Phi) is 5.21. The molecule has 1 N–H and O–H groups in total. The lowest BCUT2D eigenvalue weighted by molar-refractivity contribution is 0.165. The largest absolute Gasteiger partial charge is 0.316 e. The van der Waals surface area contributed by atoms with E-state index in [9.17, 15) is 0 Å². The maximum atomic E-state index is 3.19. The molecule has 1 saturated heterocycles. The fourth-order valence-corrected chi connectivity index (χ4v) is 2.85. The van der Waals surface area contributed by atoms with Crippen LogP contribution in [0.2, 0.25) is 0 Å². The summed E-state index contributed by atoms with van der Waals surface area (Å²) < 4.78 is 0. The van der Waals surface area contributed by atoms with Gasteiger partial charge in [-0.15, -0.1) is 0 Å². The Morgan fingerprint density at radius 1 is 1.22 bits per heavy atom. The Hall–Kier alpha value is -0.860. The Labute approximate surface area is 111 Å². The molecule has 1 fully saturated rings. The molecule has 2 nitrogen and oxygen atoms in total. The highest BCUT2D eigenvalue weighted by atomic mass is 15.1. The highest BCUT2D eigenvalue weighted by Gasteiger charge is 2.18. The lowest BCUT2D eigenvalue weighted by Gasteiger charge is -2.32. The minimum Gasteiger partial charge on any atom is -0.316 e. The molecule has 0 bridgehead atoms. The van der Waals surface area contributed by atoms with Gasteiger partial charge in [-0.1, -0.05) is 37.6 Å². The summed E-state index contributed by atoms with van der Waals surface area (Å²) >= 11 is 0. The summed E-state index contributed by atoms with van der Waals surface area (Å²) in [6.07, 6.45) is 4.13. The van der Waals surface area contributed by atoms with E-state index in [1.54, 1.807) is 0 Å². The number of benzene rings is 1. The third kappa shape index (κ3) is 3.82. The summed E-state index contributed by atoms with van der Waals surface area (Å²) in [4.78, 5) is 2.62. The molecule has 18 heavy (non-hydrogen) atoms. The summed E-state index contributed by atoms with van der Waals surface area (Å²) in [5.74, 6) is 0.919. The lowest BCUT2D eigenvalue weighted by Crippen LogP contribution is -2.34. The Balaban J connectivity index is 1.88. The topological polar surface area (TPSA) is 15.3 Å². The van der Waals surface area contributed by atoms with Crippen LogP contribution in [0.1, 0.15) is 37.3 Å². The Morgan fingerprint density at radius 2 is 1.94 bits per heavy atom. The van der Waals surface area contributed by atoms with Gasteiger partial charge >= 0.3 is 0 Å². The van der Waals surface area contributed by atoms with Gasteiger partial charge < -0.3 is 5.32 Å². The fourth-order valence-electron chi connectivity index (χ4n) is 2.85. The van der Waals surface area contributed by atoms with E-state index in [-0.39, 0.29) is 0 Å². The van der Waals surface area contributed by atoms with Crippen LogP contribution >= 0.6 is 0 Å². The molecule has 1 heterocycles. The van der Waals surface area contributed by atoms with E-state index >= 15 is 0 Å². The molecule has 1 atom stereocenters. The van der Waals surface area contributed by atoms with Crippen molar-refractivity contribution in [2.45, 2.75) is 39.3 Å². The van der Waals surface area contributed by atoms with Crippen molar-refractivity contribution >= 4 is 0 Å². The number of hydrogen-bond donors (Lipinski definition) is 1. The first-order valence-corrected chi connectivity index (χ1v) is 7.26. The number of rotatable bonds is 5. The lowest BCUT2D eigenvalue weighted by atomic mass is 9.95. The normalized spacial score (nSPS) is 21.1. The van der Waals surface area contributed by atoms with Crippen LogP contribution in [0.15, 0.2) is 24.3 Å². The van der Waals surface area contributed by atoms with Crippen molar-refractivity contribution in [2.75, 3.05) is 20.1 Å². The molecule has 1 aliphatic heterocycles. The van der Waals surface area contributed by atoms with Crippen molar-refractivity contribution in [3.05, 3.63) is 35.4 Å². The van der Waals surface area contributed by atoms with Crippen LogP contribution in [0.5, 0.6) is 0 Å². The first-order chi connectivity index (χ1) is 8.81. The molecule has 0 radical (unpaired) electrons. The molecule has 0 amide bonds. The van der Waals surface area contributed by atoms with Gasteiger partial charge in [0.05, 0.1) is 0 Å². The van der Waals surface area contributed by atoms with Crippen LogP contribution in [-0.4, -0.2) is 25.0 Å². The van der Waals surface area contributed by atoms with Crippen molar-refractivity contribution in [3.8, 4) is 0 Å². The monoisotopic (exact) mass is 246 g/mol. The molecule has 2 heteroatoms. The third-order valence-electron chi connectivity index (χ3n) is 3.99. The standard InChI is InChI=1S/C16H26N2/c1-3-14-5-4-10-18(12-14)13-16-8-6-15(7-9-16)11-17-2/h6-9,14,17H,3-5,10-13H2,1-2H3. The van der Waals surface area contributed by atoms with E-state index in [2.05, 4.69) is 41.4 Å². The number of nitrogens with one attached hydrogen (secondary N) is 1. The highest BCUT2D eigenvalue weighted by Crippen LogP contribution is 2.20. The quantitative estimate of drug-likeness (QED) is 0.859. The van der Waals surface area contributed by atoms with Crippen LogP contribution in [0.4, 0.5) is 0 Å². The summed E-state index contributed by atoms with van der Waals surface area (Å²) in [7, 11) is 1.99. The molecule has 0 aliphatic carbocycles. The first kappa shape index (κ1) is 13.6. The molecule has 0 saturated carbocycles. The van der Waals surface area contributed by atoms with Crippen LogP contribution < -0.4 is 5.32 Å². The van der Waals surface area contributed by atoms with E-state index in [1.807, 2.05) is 7.05 Å². The predicted molar refractivity (Wildman–Crippen MR) is 77.5 cm³/mol. The molecule has 0 spiro atoms. The Bertz CT molecular complexity index is 345. The minimum absolute atomic E-state index is 0.919. The van der Waals surface area contributed by atoms with Crippen molar-refractivity contribution in [1.82, 2.24) is 10.2 Å². The Morgan fingerprint density at radius 3 is 2.61 bits per heavy atom. The summed E-state index contributed by atoms with van der Waals surface area (Å²) in [5.41, 5.74) is 2.82. The summed E-state index contributed by atoms with van der Waals surface area (Å²) in [6, 6.07) is 9.05. The third-order valence-corrected chi connectivity index (χ3v) is 3.99. The maximum Gasteiger partial charge on any atom is 0.0233 e. The molecule has 2 rings (SSSR count). The van der Waals surface area contributed by atoms with E-state index in [0.29, 0.717) is 0 Å². The number of likely N-dealkylation sites (tertiary alicyclic amines) is 1. The van der Waals surface area contributed by atoms with Crippen molar-refractivity contribution in [2.24, 2.45) is 5.92 Å². The van der Waals surface area contributed by atoms with Gasteiger partial charge in [0.1, 0.15) is 0 Å². The summed E-state index contributed by atoms with van der Waals surface area (Å²) in [5, 5.41) is 3.19. The maximum absolute atomic E-state index is 3.19. The molecule has 100 valence electrons. The van der Waals surface area contributed by atoms with Crippen LogP contribution in [0, 0.1) is 5.92 Å². The molecule has 0 aromatic heterocycles. The second-order valence-corrected chi connectivity index (χ2v) is 5.50. The molecule has 1 aliphatic rings. The van der Waals surface area contributed by atoms with Gasteiger partial charge in [-0.3, -0.25) is 4.90 Å². The van der Waals surface area contributed by atoms with Gasteiger partial charge in [0.2, 0.25) is 0 Å². The van der Waals surface area contributed by atoms with Crippen molar-refractivity contribution in [3.63, 3.8) is 0 Å². The fraction of sp³-hybridized carbons (Fsp3) is 0.625. The average molecular weight is 246 g/mol. The van der Waals surface area contributed by atoms with E-state index in [4.69, 9.17) is 0 Å². The molecule has 1 unspecified atom stereocenters. The second kappa shape index (κ2) is 6.91. The highest BCUT2D eigenvalue weighted by molar-refractivity contribution is 5.22. The zero-order valence-electron chi connectivity index (χ0n) is 11.8. The SMILES string of the molecule is CCC1CCCN(Cc2ccc(CNC)cc2)C1. The van der Waals surface area contributed by atoms with Gasteiger partial charge in [0.15, 0.2) is 0 Å². The van der Waals surface area contributed by atoms with Gasteiger partial charge in [-0.2, -0.15) is 0 Å². The van der Waals surface area contributed by atoms with Crippen LogP contribution in [0.25, 0.3) is 0 Å². The van der Waals surface area contributed by atoms with Gasteiger partial charge in [-0.25, -0.2) is 0 Å². The van der Waals surface area contributed by atoms with Gasteiger partial charge in [0.25, 0.3) is 0 Å². The molecule has 1 aromatic carbocycles. The summed E-state index contributed by atoms with van der Waals surface area (Å²) in [6.45, 7) is 6.96. The molecular formula is C16H26N2. The molecule has 1 aromatic rings. The van der Waals surface area contributed by atoms with E-state index < -0.39 is 0 Å². The molecular weight excluding hydrogens is 220 g/mol. The zero-order valence-corrected chi connectivity index (χ0v) is 11.8.